The van der Waals surface area contributed by atoms with E-state index in [2.05, 4.69) is 64.6 Å². The lowest BCUT2D eigenvalue weighted by molar-refractivity contribution is 0.0264. The van der Waals surface area contributed by atoms with Crippen LogP contribution in [0.3, 0.4) is 0 Å². The molecule has 1 N–H and O–H groups in total. The summed E-state index contributed by atoms with van der Waals surface area (Å²) in [5.41, 5.74) is 1.39. The van der Waals surface area contributed by atoms with E-state index in [1.807, 2.05) is 7.05 Å². The summed E-state index contributed by atoms with van der Waals surface area (Å²) in [6.07, 6.45) is 3.57. The highest BCUT2D eigenvalue weighted by atomic mass is 16.5. The quantitative estimate of drug-likeness (QED) is 0.669. The largest absolute Gasteiger partial charge is 0.378 e. The van der Waals surface area contributed by atoms with Gasteiger partial charge in [-0.2, -0.15) is 0 Å². The maximum atomic E-state index is 5.74. The Balaban J connectivity index is 1.54. The molecular weight excluding hydrogens is 310 g/mol. The van der Waals surface area contributed by atoms with Gasteiger partial charge in [0.1, 0.15) is 0 Å². The Hall–Kier alpha value is -2.07. The van der Waals surface area contributed by atoms with Crippen LogP contribution in [0.4, 0.5) is 0 Å². The monoisotopic (exact) mass is 339 g/mol. The lowest BCUT2D eigenvalue weighted by atomic mass is 10.0. The van der Waals surface area contributed by atoms with Crippen LogP contribution in [0.1, 0.15) is 25.3 Å². The number of likely N-dealkylation sites (tertiary alicyclic amines) is 1. The minimum Gasteiger partial charge on any atom is -0.378 e. The van der Waals surface area contributed by atoms with Crippen molar-refractivity contribution < 1.29 is 4.74 Å². The molecule has 0 aliphatic carbocycles. The molecule has 25 heavy (non-hydrogen) atoms. The van der Waals surface area contributed by atoms with E-state index < -0.39 is 0 Å². The van der Waals surface area contributed by atoms with Gasteiger partial charge in [0, 0.05) is 33.3 Å². The predicted octanol–water partition coefficient (Wildman–Crippen LogP) is 3.46. The van der Waals surface area contributed by atoms with Gasteiger partial charge < -0.3 is 15.0 Å². The molecule has 134 valence electrons. The zero-order valence-electron chi connectivity index (χ0n) is 15.4. The van der Waals surface area contributed by atoms with Gasteiger partial charge in [0.25, 0.3) is 0 Å². The molecule has 0 saturated carbocycles. The third-order valence-electron chi connectivity index (χ3n) is 4.91. The average Bonchev–Trinajstić information content (AvgIpc) is 2.66. The number of piperidine rings is 1. The van der Waals surface area contributed by atoms with Gasteiger partial charge in [0.05, 0.1) is 6.10 Å². The fraction of sp³-hybridized carbons (Fsp3) is 0.476. The Kier molecular flexibility index (Phi) is 6.29. The lowest BCUT2D eigenvalue weighted by Gasteiger charge is -2.34. The summed E-state index contributed by atoms with van der Waals surface area (Å²) in [6.45, 7) is 5.80. The molecule has 3 rings (SSSR count). The van der Waals surface area contributed by atoms with Gasteiger partial charge in [-0.1, -0.05) is 42.5 Å². The number of guanidine groups is 1. The van der Waals surface area contributed by atoms with Crippen molar-refractivity contribution in [1.82, 2.24) is 10.2 Å². The van der Waals surface area contributed by atoms with E-state index >= 15 is 0 Å². The number of hydrogen-bond donors (Lipinski definition) is 1. The Morgan fingerprint density at radius 2 is 1.92 bits per heavy atom. The molecule has 0 spiro atoms. The molecule has 0 bridgehead atoms. The second-order valence-corrected chi connectivity index (χ2v) is 6.50. The Morgan fingerprint density at radius 3 is 2.68 bits per heavy atom. The molecule has 1 fully saturated rings. The molecule has 2 aromatic carbocycles. The minimum atomic E-state index is 0.412. The van der Waals surface area contributed by atoms with Crippen LogP contribution < -0.4 is 5.32 Å². The zero-order valence-corrected chi connectivity index (χ0v) is 15.4. The number of hydrogen-bond acceptors (Lipinski definition) is 2. The fourth-order valence-electron chi connectivity index (χ4n) is 3.62. The van der Waals surface area contributed by atoms with Gasteiger partial charge in [-0.25, -0.2) is 0 Å². The van der Waals surface area contributed by atoms with Crippen molar-refractivity contribution >= 4 is 16.7 Å². The molecule has 2 aromatic rings. The van der Waals surface area contributed by atoms with Crippen LogP contribution in [-0.2, 0) is 11.2 Å². The number of aliphatic imine (C=N–C) groups is 1. The lowest BCUT2D eigenvalue weighted by Crippen LogP contribution is -2.47. The normalized spacial score (nSPS) is 16.4. The first-order valence-electron chi connectivity index (χ1n) is 9.35. The summed E-state index contributed by atoms with van der Waals surface area (Å²) in [5, 5.41) is 6.19. The van der Waals surface area contributed by atoms with Crippen LogP contribution in [0.25, 0.3) is 10.8 Å². The van der Waals surface area contributed by atoms with Gasteiger partial charge in [-0.05, 0) is 42.5 Å². The summed E-state index contributed by atoms with van der Waals surface area (Å²) in [7, 11) is 1.87. The van der Waals surface area contributed by atoms with Crippen molar-refractivity contribution in [3.05, 3.63) is 48.0 Å². The number of fused-ring (bicyclic) bond motifs is 1. The summed E-state index contributed by atoms with van der Waals surface area (Å²) >= 11 is 0. The summed E-state index contributed by atoms with van der Waals surface area (Å²) in [6, 6.07) is 15.1. The van der Waals surface area contributed by atoms with E-state index in [-0.39, 0.29) is 0 Å². The molecule has 4 heteroatoms. The molecule has 0 aromatic heterocycles. The standard InChI is InChI=1S/C21H29N3O/c1-3-25-19-12-15-24(16-13-19)21(22-2)23-14-11-18-9-6-8-17-7-4-5-10-20(17)18/h4-10,19H,3,11-16H2,1-2H3,(H,22,23). The van der Waals surface area contributed by atoms with Crippen molar-refractivity contribution in [3.63, 3.8) is 0 Å². The van der Waals surface area contributed by atoms with Crippen molar-refractivity contribution in [2.75, 3.05) is 33.3 Å². The van der Waals surface area contributed by atoms with E-state index in [1.54, 1.807) is 0 Å². The fourth-order valence-corrected chi connectivity index (χ4v) is 3.62. The first kappa shape index (κ1) is 17.7. The van der Waals surface area contributed by atoms with Gasteiger partial charge in [-0.3, -0.25) is 4.99 Å². The molecule has 1 heterocycles. The third kappa shape index (κ3) is 4.51. The van der Waals surface area contributed by atoms with Gasteiger partial charge in [0.2, 0.25) is 0 Å². The first-order chi connectivity index (χ1) is 12.3. The molecule has 1 aliphatic rings. The van der Waals surface area contributed by atoms with Crippen LogP contribution in [-0.4, -0.2) is 50.3 Å². The van der Waals surface area contributed by atoms with Crippen LogP contribution in [0.15, 0.2) is 47.5 Å². The van der Waals surface area contributed by atoms with E-state index in [0.29, 0.717) is 6.10 Å². The number of rotatable bonds is 5. The first-order valence-corrected chi connectivity index (χ1v) is 9.35. The third-order valence-corrected chi connectivity index (χ3v) is 4.91. The number of benzene rings is 2. The van der Waals surface area contributed by atoms with E-state index in [4.69, 9.17) is 4.74 Å². The highest BCUT2D eigenvalue weighted by Crippen LogP contribution is 2.19. The molecular formula is C21H29N3O. The van der Waals surface area contributed by atoms with Crippen molar-refractivity contribution in [1.29, 1.82) is 0 Å². The second kappa shape index (κ2) is 8.86. The highest BCUT2D eigenvalue weighted by molar-refractivity contribution is 5.85. The summed E-state index contributed by atoms with van der Waals surface area (Å²) < 4.78 is 5.74. The van der Waals surface area contributed by atoms with Crippen molar-refractivity contribution in [2.45, 2.75) is 32.3 Å². The molecule has 4 nitrogen and oxygen atoms in total. The zero-order chi connectivity index (χ0) is 17.5. The van der Waals surface area contributed by atoms with Crippen LogP contribution in [0, 0.1) is 0 Å². The highest BCUT2D eigenvalue weighted by Gasteiger charge is 2.21. The predicted molar refractivity (Wildman–Crippen MR) is 105 cm³/mol. The Labute approximate surface area is 150 Å². The second-order valence-electron chi connectivity index (χ2n) is 6.50. The van der Waals surface area contributed by atoms with Gasteiger partial charge in [0.15, 0.2) is 5.96 Å². The smallest absolute Gasteiger partial charge is 0.193 e. The average molecular weight is 339 g/mol. The van der Waals surface area contributed by atoms with Crippen molar-refractivity contribution in [3.8, 4) is 0 Å². The van der Waals surface area contributed by atoms with Crippen molar-refractivity contribution in [2.24, 2.45) is 4.99 Å². The van der Waals surface area contributed by atoms with Crippen LogP contribution in [0.5, 0.6) is 0 Å². The minimum absolute atomic E-state index is 0.412. The summed E-state index contributed by atoms with van der Waals surface area (Å²) in [5.74, 6) is 1.01. The molecule has 1 saturated heterocycles. The van der Waals surface area contributed by atoms with Crippen LogP contribution in [0.2, 0.25) is 0 Å². The van der Waals surface area contributed by atoms with Gasteiger partial charge >= 0.3 is 0 Å². The molecule has 0 amide bonds. The Bertz CT molecular complexity index is 700. The number of ether oxygens (including phenoxy) is 1. The maximum absolute atomic E-state index is 5.74. The molecule has 0 radical (unpaired) electrons. The summed E-state index contributed by atoms with van der Waals surface area (Å²) in [4.78, 5) is 6.81. The molecule has 1 aliphatic heterocycles. The molecule has 0 unspecified atom stereocenters. The molecule has 0 atom stereocenters. The Morgan fingerprint density at radius 1 is 1.16 bits per heavy atom. The van der Waals surface area contributed by atoms with Gasteiger partial charge in [-0.15, -0.1) is 0 Å². The number of nitrogens with zero attached hydrogens (tertiary/aromatic N) is 2. The van der Waals surface area contributed by atoms with Crippen LogP contribution >= 0.6 is 0 Å². The topological polar surface area (TPSA) is 36.9 Å². The van der Waals surface area contributed by atoms with E-state index in [9.17, 15) is 0 Å². The number of nitrogens with one attached hydrogen (secondary N) is 1. The maximum Gasteiger partial charge on any atom is 0.193 e. The van der Waals surface area contributed by atoms with E-state index in [1.165, 1.54) is 16.3 Å². The van der Waals surface area contributed by atoms with E-state index in [0.717, 1.165) is 51.5 Å². The SMILES string of the molecule is CCOC1CCN(C(=NC)NCCc2cccc3ccccc23)CC1.